The Morgan fingerprint density at radius 3 is 2.73 bits per heavy atom. The lowest BCUT2D eigenvalue weighted by Gasteiger charge is -2.27. The van der Waals surface area contributed by atoms with E-state index in [-0.39, 0.29) is 6.42 Å². The van der Waals surface area contributed by atoms with E-state index in [1.165, 1.54) is 0 Å². The number of morpholine rings is 1. The molecule has 0 radical (unpaired) electrons. The van der Waals surface area contributed by atoms with E-state index >= 15 is 0 Å². The summed E-state index contributed by atoms with van der Waals surface area (Å²) >= 11 is 6.42. The summed E-state index contributed by atoms with van der Waals surface area (Å²) in [5, 5.41) is 0.634. The second-order valence-corrected chi connectivity index (χ2v) is 6.66. The van der Waals surface area contributed by atoms with Crippen LogP contribution in [0, 0.1) is 6.92 Å². The second-order valence-electron chi connectivity index (χ2n) is 6.26. The molecule has 1 aliphatic rings. The number of pyridine rings is 1. The molecule has 0 saturated carbocycles. The quantitative estimate of drug-likeness (QED) is 0.697. The fraction of sp³-hybridized carbons (Fsp3) is 0.400. The predicted octanol–water partition coefficient (Wildman–Crippen LogP) is 3.16. The van der Waals surface area contributed by atoms with E-state index in [0.29, 0.717) is 11.6 Å². The molecule has 1 aromatic carbocycles. The number of hydrogen-bond donors (Lipinski definition) is 0. The molecule has 0 bridgehead atoms. The zero-order valence-corrected chi connectivity index (χ0v) is 15.7. The number of halogens is 1. The molecule has 1 aromatic heterocycles. The third kappa shape index (κ3) is 4.41. The van der Waals surface area contributed by atoms with Crippen LogP contribution in [-0.2, 0) is 16.0 Å². The third-order valence-electron chi connectivity index (χ3n) is 4.58. The van der Waals surface area contributed by atoms with Crippen LogP contribution >= 0.6 is 11.6 Å². The summed E-state index contributed by atoms with van der Waals surface area (Å²) < 4.78 is 11.6. The Labute approximate surface area is 158 Å². The highest BCUT2D eigenvalue weighted by Gasteiger charge is 2.18. The van der Waals surface area contributed by atoms with E-state index in [1.54, 1.807) is 12.4 Å². The van der Waals surface area contributed by atoms with Gasteiger partial charge < -0.3 is 14.3 Å². The van der Waals surface area contributed by atoms with Crippen LogP contribution < -0.4 is 4.74 Å². The van der Waals surface area contributed by atoms with Gasteiger partial charge in [-0.05, 0) is 36.2 Å². The number of rotatable bonds is 7. The van der Waals surface area contributed by atoms with Gasteiger partial charge in [-0.3, -0.25) is 9.88 Å². The van der Waals surface area contributed by atoms with Crippen molar-refractivity contribution in [2.75, 3.05) is 39.5 Å². The van der Waals surface area contributed by atoms with Gasteiger partial charge in [-0.25, -0.2) is 0 Å². The van der Waals surface area contributed by atoms with E-state index < -0.39 is 0 Å². The summed E-state index contributed by atoms with van der Waals surface area (Å²) in [5.74, 6) is 0.735. The van der Waals surface area contributed by atoms with Crippen LogP contribution in [0.4, 0.5) is 0 Å². The van der Waals surface area contributed by atoms with Crippen molar-refractivity contribution in [3.63, 3.8) is 0 Å². The third-order valence-corrected chi connectivity index (χ3v) is 4.98. The predicted molar refractivity (Wildman–Crippen MR) is 102 cm³/mol. The summed E-state index contributed by atoms with van der Waals surface area (Å²) in [6.45, 7) is 6.70. The molecule has 1 aliphatic heterocycles. The summed E-state index contributed by atoms with van der Waals surface area (Å²) in [6, 6.07) is 5.69. The lowest BCUT2D eigenvalue weighted by molar-refractivity contribution is -0.107. The molecule has 0 amide bonds. The highest BCUT2D eigenvalue weighted by atomic mass is 35.5. The fourth-order valence-electron chi connectivity index (χ4n) is 3.15. The molecule has 1 saturated heterocycles. The first kappa shape index (κ1) is 18.8. The molecule has 0 N–H and O–H groups in total. The fourth-order valence-corrected chi connectivity index (χ4v) is 3.38. The van der Waals surface area contributed by atoms with Crippen molar-refractivity contribution in [2.24, 2.45) is 0 Å². The molecule has 0 atom stereocenters. The van der Waals surface area contributed by atoms with Crippen molar-refractivity contribution < 1.29 is 14.3 Å². The normalized spacial score (nSPS) is 15.0. The molecule has 0 aliphatic carbocycles. The molecule has 2 aromatic rings. The standard InChI is InChI=1S/C20H23ClN2O3/c1-15-18(21)14-17(4-10-24)20(19(15)16-2-5-22-6-3-16)26-13-9-23-7-11-25-12-8-23/h2-3,5-6,10,14H,4,7-9,11-13H2,1H3. The number of carbonyl (C=O) groups is 1. The first-order valence-electron chi connectivity index (χ1n) is 8.79. The van der Waals surface area contributed by atoms with Crippen molar-refractivity contribution >= 4 is 17.9 Å². The molecule has 1 fully saturated rings. The average Bonchev–Trinajstić information content (AvgIpc) is 2.67. The van der Waals surface area contributed by atoms with Crippen LogP contribution in [0.2, 0.25) is 5.02 Å². The SMILES string of the molecule is Cc1c(Cl)cc(CC=O)c(OCCN2CCOCC2)c1-c1ccncc1. The minimum absolute atomic E-state index is 0.269. The van der Waals surface area contributed by atoms with Crippen LogP contribution in [0.5, 0.6) is 5.75 Å². The smallest absolute Gasteiger partial charge is 0.131 e. The molecule has 2 heterocycles. The van der Waals surface area contributed by atoms with Gasteiger partial charge in [0.05, 0.1) is 13.2 Å². The first-order valence-corrected chi connectivity index (χ1v) is 9.17. The van der Waals surface area contributed by atoms with Crippen molar-refractivity contribution in [1.82, 2.24) is 9.88 Å². The van der Waals surface area contributed by atoms with Gasteiger partial charge >= 0.3 is 0 Å². The monoisotopic (exact) mass is 374 g/mol. The largest absolute Gasteiger partial charge is 0.491 e. The van der Waals surface area contributed by atoms with E-state index in [4.69, 9.17) is 21.1 Å². The van der Waals surface area contributed by atoms with Crippen molar-refractivity contribution in [3.8, 4) is 16.9 Å². The van der Waals surface area contributed by atoms with E-state index in [1.807, 2.05) is 25.1 Å². The van der Waals surface area contributed by atoms with Crippen molar-refractivity contribution in [1.29, 1.82) is 0 Å². The Morgan fingerprint density at radius 1 is 1.31 bits per heavy atom. The van der Waals surface area contributed by atoms with Gasteiger partial charge in [0, 0.05) is 54.6 Å². The van der Waals surface area contributed by atoms with Crippen molar-refractivity contribution in [3.05, 3.63) is 46.7 Å². The van der Waals surface area contributed by atoms with Gasteiger partial charge in [-0.1, -0.05) is 11.6 Å². The number of nitrogens with zero attached hydrogens (tertiary/aromatic N) is 2. The molecule has 5 nitrogen and oxygen atoms in total. The van der Waals surface area contributed by atoms with Gasteiger partial charge in [0.2, 0.25) is 0 Å². The van der Waals surface area contributed by atoms with E-state index in [9.17, 15) is 4.79 Å². The number of aromatic nitrogens is 1. The molecular weight excluding hydrogens is 352 g/mol. The summed E-state index contributed by atoms with van der Waals surface area (Å²) in [4.78, 5) is 17.6. The van der Waals surface area contributed by atoms with Crippen LogP contribution in [0.15, 0.2) is 30.6 Å². The topological polar surface area (TPSA) is 51.7 Å². The Morgan fingerprint density at radius 2 is 2.04 bits per heavy atom. The number of benzene rings is 1. The van der Waals surface area contributed by atoms with Crippen LogP contribution in [0.3, 0.4) is 0 Å². The molecule has 3 rings (SSSR count). The lowest BCUT2D eigenvalue weighted by Crippen LogP contribution is -2.38. The van der Waals surface area contributed by atoms with Crippen LogP contribution in [0.25, 0.3) is 11.1 Å². The van der Waals surface area contributed by atoms with Gasteiger partial charge in [-0.15, -0.1) is 0 Å². The number of aldehydes is 1. The maximum Gasteiger partial charge on any atom is 0.131 e. The Kier molecular flexibility index (Phi) is 6.61. The van der Waals surface area contributed by atoms with Crippen LogP contribution in [-0.4, -0.2) is 55.6 Å². The van der Waals surface area contributed by atoms with E-state index in [0.717, 1.165) is 67.1 Å². The average molecular weight is 375 g/mol. The van der Waals surface area contributed by atoms with Crippen LogP contribution in [0.1, 0.15) is 11.1 Å². The highest BCUT2D eigenvalue weighted by molar-refractivity contribution is 6.32. The number of ether oxygens (including phenoxy) is 2. The molecular formula is C20H23ClN2O3. The molecule has 0 unspecified atom stereocenters. The van der Waals surface area contributed by atoms with Gasteiger partial charge in [0.1, 0.15) is 18.6 Å². The molecule has 6 heteroatoms. The maximum atomic E-state index is 11.2. The minimum atomic E-state index is 0.269. The second kappa shape index (κ2) is 9.12. The Balaban J connectivity index is 1.89. The Bertz CT molecular complexity index is 746. The summed E-state index contributed by atoms with van der Waals surface area (Å²) in [6.07, 6.45) is 4.64. The van der Waals surface area contributed by atoms with Gasteiger partial charge in [0.25, 0.3) is 0 Å². The van der Waals surface area contributed by atoms with Crippen molar-refractivity contribution in [2.45, 2.75) is 13.3 Å². The zero-order valence-electron chi connectivity index (χ0n) is 14.9. The number of carbonyl (C=O) groups excluding carboxylic acids is 1. The summed E-state index contributed by atoms with van der Waals surface area (Å²) in [7, 11) is 0. The molecule has 138 valence electrons. The van der Waals surface area contributed by atoms with Gasteiger partial charge in [-0.2, -0.15) is 0 Å². The first-order chi connectivity index (χ1) is 12.7. The lowest BCUT2D eigenvalue weighted by atomic mass is 9.96. The summed E-state index contributed by atoms with van der Waals surface area (Å²) in [5.41, 5.74) is 3.66. The zero-order chi connectivity index (χ0) is 18.4. The Hall–Kier alpha value is -1.95. The molecule has 26 heavy (non-hydrogen) atoms. The maximum absolute atomic E-state index is 11.2. The molecule has 0 spiro atoms. The minimum Gasteiger partial charge on any atom is -0.491 e. The number of hydrogen-bond acceptors (Lipinski definition) is 5. The highest BCUT2D eigenvalue weighted by Crippen LogP contribution is 2.40. The van der Waals surface area contributed by atoms with Gasteiger partial charge in [0.15, 0.2) is 0 Å². The van der Waals surface area contributed by atoms with E-state index in [2.05, 4.69) is 9.88 Å².